The Morgan fingerprint density at radius 2 is 1.18 bits per heavy atom. The molecule has 0 saturated heterocycles. The molecule has 1 atom stereocenters. The molecule has 6 rings (SSSR count). The summed E-state index contributed by atoms with van der Waals surface area (Å²) in [5.41, 5.74) is 9.53. The van der Waals surface area contributed by atoms with E-state index in [0.717, 1.165) is 39.1 Å². The topological polar surface area (TPSA) is 42.6 Å². The number of anilines is 1. The molecule has 0 radical (unpaired) electrons. The Morgan fingerprint density at radius 3 is 1.74 bits per heavy atom. The molecule has 0 aliphatic carbocycles. The van der Waals surface area contributed by atoms with E-state index in [2.05, 4.69) is 102 Å². The number of hydrogen-bond acceptors (Lipinski definition) is 4. The Balaban J connectivity index is 1.64. The summed E-state index contributed by atoms with van der Waals surface area (Å²) >= 11 is 0. The van der Waals surface area contributed by atoms with Gasteiger partial charge in [0.2, 0.25) is 0 Å². The molecule has 1 unspecified atom stereocenters. The maximum absolute atomic E-state index is 9.57. The fraction of sp³-hybridized carbons (Fsp3) is 0.0588. The van der Waals surface area contributed by atoms with Crippen molar-refractivity contribution >= 4 is 12.0 Å². The Labute approximate surface area is 223 Å². The first-order valence-corrected chi connectivity index (χ1v) is 12.6. The van der Waals surface area contributed by atoms with Gasteiger partial charge in [-0.15, -0.1) is 0 Å². The van der Waals surface area contributed by atoms with Gasteiger partial charge in [-0.1, -0.05) is 103 Å². The van der Waals surface area contributed by atoms with Crippen LogP contribution in [0.4, 0.5) is 5.69 Å². The Kier molecular flexibility index (Phi) is 6.17. The summed E-state index contributed by atoms with van der Waals surface area (Å²) in [6, 6.07) is 46.2. The van der Waals surface area contributed by atoms with Crippen LogP contribution in [0.25, 0.3) is 33.4 Å². The van der Waals surface area contributed by atoms with E-state index in [1.54, 1.807) is 0 Å². The summed E-state index contributed by atoms with van der Waals surface area (Å²) in [5.74, 6) is 0. The minimum absolute atomic E-state index is 0.198. The van der Waals surface area contributed by atoms with Crippen molar-refractivity contribution in [3.63, 3.8) is 0 Å². The molecule has 0 bridgehead atoms. The summed E-state index contributed by atoms with van der Waals surface area (Å²) in [6.07, 6.45) is 1.70. The monoisotopic (exact) mass is 490 g/mol. The van der Waals surface area contributed by atoms with Crippen LogP contribution >= 0.6 is 0 Å². The zero-order valence-electron chi connectivity index (χ0n) is 21.1. The van der Waals surface area contributed by atoms with Gasteiger partial charge in [-0.3, -0.25) is 5.01 Å². The largest absolute Gasteiger partial charge is 0.303 e. The third-order valence-electron chi connectivity index (χ3n) is 6.93. The molecule has 1 aliphatic heterocycles. The normalized spacial score (nSPS) is 14.5. The van der Waals surface area contributed by atoms with Gasteiger partial charge in [0.05, 0.1) is 17.3 Å². The van der Waals surface area contributed by atoms with Gasteiger partial charge in [-0.2, -0.15) is 10.4 Å². The van der Waals surface area contributed by atoms with Crippen molar-refractivity contribution in [1.82, 2.24) is 5.01 Å². The predicted molar refractivity (Wildman–Crippen MR) is 155 cm³/mol. The molecule has 0 spiro atoms. The number of rotatable bonds is 5. The summed E-state index contributed by atoms with van der Waals surface area (Å²) in [7, 11) is 1.98. The average molecular weight is 491 g/mol. The van der Waals surface area contributed by atoms with Crippen LogP contribution in [0, 0.1) is 11.3 Å². The highest BCUT2D eigenvalue weighted by molar-refractivity contribution is 6.01. The third-order valence-corrected chi connectivity index (χ3v) is 6.93. The molecule has 5 aromatic carbocycles. The van der Waals surface area contributed by atoms with Gasteiger partial charge in [0.25, 0.3) is 0 Å². The van der Waals surface area contributed by atoms with Crippen molar-refractivity contribution in [2.24, 2.45) is 5.10 Å². The van der Waals surface area contributed by atoms with Crippen molar-refractivity contribution in [2.75, 3.05) is 11.9 Å². The molecule has 0 aromatic heterocycles. The lowest BCUT2D eigenvalue weighted by molar-refractivity contribution is 0.290. The molecule has 182 valence electrons. The fourth-order valence-corrected chi connectivity index (χ4v) is 5.15. The van der Waals surface area contributed by atoms with Crippen molar-refractivity contribution in [3.8, 4) is 39.4 Å². The molecule has 4 heteroatoms. The summed E-state index contributed by atoms with van der Waals surface area (Å²) in [6.45, 7) is 0. The van der Waals surface area contributed by atoms with Gasteiger partial charge in [0.1, 0.15) is 12.5 Å². The standard InChI is InChI=1S/C34H26N4/c1-37-34(29-19-11-12-25(20-29)23-35)38(24-36-37)33-31(27-15-7-3-8-16-27)21-30(26-13-5-2-6-14-26)22-32(33)28-17-9-4-10-18-28/h2-22,24,34H,1H3. The number of nitriles is 1. The molecule has 1 heterocycles. The van der Waals surface area contributed by atoms with E-state index in [4.69, 9.17) is 5.10 Å². The Hall–Kier alpha value is -5.14. The van der Waals surface area contributed by atoms with Crippen molar-refractivity contribution in [3.05, 3.63) is 139 Å². The van der Waals surface area contributed by atoms with Crippen molar-refractivity contribution < 1.29 is 0 Å². The highest BCUT2D eigenvalue weighted by atomic mass is 15.6. The van der Waals surface area contributed by atoms with Crippen LogP contribution in [-0.2, 0) is 0 Å². The maximum atomic E-state index is 9.57. The zero-order chi connectivity index (χ0) is 25.9. The van der Waals surface area contributed by atoms with Gasteiger partial charge < -0.3 is 4.90 Å². The molecule has 0 saturated carbocycles. The first-order valence-electron chi connectivity index (χ1n) is 12.6. The number of benzene rings is 5. The van der Waals surface area contributed by atoms with E-state index in [9.17, 15) is 5.26 Å². The van der Waals surface area contributed by atoms with Gasteiger partial charge in [0.15, 0.2) is 0 Å². The molecule has 4 nitrogen and oxygen atoms in total. The lowest BCUT2D eigenvalue weighted by Gasteiger charge is -2.32. The number of nitrogens with zero attached hydrogens (tertiary/aromatic N) is 4. The number of hydrogen-bond donors (Lipinski definition) is 0. The quantitative estimate of drug-likeness (QED) is 0.251. The van der Waals surface area contributed by atoms with Crippen LogP contribution in [0.15, 0.2) is 132 Å². The van der Waals surface area contributed by atoms with Gasteiger partial charge in [-0.05, 0) is 52.1 Å². The molecular weight excluding hydrogens is 464 g/mol. The predicted octanol–water partition coefficient (Wildman–Crippen LogP) is 7.95. The van der Waals surface area contributed by atoms with Crippen molar-refractivity contribution in [2.45, 2.75) is 6.17 Å². The van der Waals surface area contributed by atoms with E-state index in [1.165, 1.54) is 5.56 Å². The smallest absolute Gasteiger partial charge is 0.149 e. The highest BCUT2D eigenvalue weighted by Crippen LogP contribution is 2.46. The van der Waals surface area contributed by atoms with Gasteiger partial charge in [-0.25, -0.2) is 0 Å². The summed E-state index contributed by atoms with van der Waals surface area (Å²) < 4.78 is 0. The van der Waals surface area contributed by atoms with Crippen LogP contribution in [-0.4, -0.2) is 18.4 Å². The van der Waals surface area contributed by atoms with E-state index in [-0.39, 0.29) is 6.17 Å². The molecule has 0 N–H and O–H groups in total. The maximum Gasteiger partial charge on any atom is 0.149 e. The molecular formula is C34H26N4. The second-order valence-corrected chi connectivity index (χ2v) is 9.34. The van der Waals surface area contributed by atoms with Crippen molar-refractivity contribution in [1.29, 1.82) is 5.26 Å². The minimum Gasteiger partial charge on any atom is -0.303 e. The van der Waals surface area contributed by atoms with Crippen LogP contribution in [0.1, 0.15) is 17.3 Å². The number of hydrazone groups is 1. The average Bonchev–Trinajstić information content (AvgIpc) is 3.38. The van der Waals surface area contributed by atoms with Crippen LogP contribution < -0.4 is 4.90 Å². The lowest BCUT2D eigenvalue weighted by atomic mass is 9.90. The highest BCUT2D eigenvalue weighted by Gasteiger charge is 2.32. The third kappa shape index (κ3) is 4.31. The molecule has 0 fully saturated rings. The van der Waals surface area contributed by atoms with Crippen LogP contribution in [0.2, 0.25) is 0 Å². The second kappa shape index (κ2) is 10.1. The van der Waals surface area contributed by atoms with Crippen LogP contribution in [0.5, 0.6) is 0 Å². The first-order chi connectivity index (χ1) is 18.7. The SMILES string of the molecule is CN1N=CN(c2c(-c3ccccc3)cc(-c3ccccc3)cc2-c2ccccc2)C1c1cccc(C#N)c1. The molecule has 5 aromatic rings. The fourth-order valence-electron chi connectivity index (χ4n) is 5.15. The Bertz CT molecular complexity index is 1580. The second-order valence-electron chi connectivity index (χ2n) is 9.34. The first kappa shape index (κ1) is 23.3. The summed E-state index contributed by atoms with van der Waals surface area (Å²) in [4.78, 5) is 2.23. The minimum atomic E-state index is -0.198. The van der Waals surface area contributed by atoms with E-state index in [1.807, 2.05) is 54.8 Å². The zero-order valence-corrected chi connectivity index (χ0v) is 21.1. The molecule has 38 heavy (non-hydrogen) atoms. The van der Waals surface area contributed by atoms with Gasteiger partial charge >= 0.3 is 0 Å². The van der Waals surface area contributed by atoms with E-state index >= 15 is 0 Å². The van der Waals surface area contributed by atoms with E-state index < -0.39 is 0 Å². The lowest BCUT2D eigenvalue weighted by Crippen LogP contribution is -2.30. The van der Waals surface area contributed by atoms with Gasteiger partial charge in [0, 0.05) is 18.2 Å². The molecule has 0 amide bonds. The molecule has 1 aliphatic rings. The van der Waals surface area contributed by atoms with E-state index in [0.29, 0.717) is 5.56 Å². The summed E-state index contributed by atoms with van der Waals surface area (Å²) in [5, 5.41) is 16.2. The Morgan fingerprint density at radius 1 is 0.632 bits per heavy atom. The van der Waals surface area contributed by atoms with Crippen LogP contribution in [0.3, 0.4) is 0 Å².